The van der Waals surface area contributed by atoms with Gasteiger partial charge in [-0.1, -0.05) is 31.1 Å². The van der Waals surface area contributed by atoms with Gasteiger partial charge in [-0.05, 0) is 18.6 Å². The van der Waals surface area contributed by atoms with Crippen LogP contribution in [0.15, 0.2) is 23.4 Å². The van der Waals surface area contributed by atoms with Crippen molar-refractivity contribution in [3.63, 3.8) is 0 Å². The summed E-state index contributed by atoms with van der Waals surface area (Å²) in [4.78, 5) is 0. The number of hydrogen-bond acceptors (Lipinski definition) is 4. The fourth-order valence-electron chi connectivity index (χ4n) is 1.91. The van der Waals surface area contributed by atoms with Crippen LogP contribution in [0.2, 0.25) is 0 Å². The Labute approximate surface area is 119 Å². The highest BCUT2D eigenvalue weighted by atomic mass is 32.2. The van der Waals surface area contributed by atoms with Crippen molar-refractivity contribution in [3.05, 3.63) is 29.3 Å². The van der Waals surface area contributed by atoms with Gasteiger partial charge in [-0.3, -0.25) is 4.72 Å². The maximum absolute atomic E-state index is 12.2. The maximum atomic E-state index is 12.2. The van der Waals surface area contributed by atoms with Crippen LogP contribution in [0.5, 0.6) is 0 Å². The van der Waals surface area contributed by atoms with E-state index in [1.54, 1.807) is 39.0 Å². The largest absolute Gasteiger partial charge is 0.409 e. The SMILES string of the molecule is CCN(CC)S(=O)(=O)Nc1cccc(C)c1/C(N)=N/O. The number of nitrogens with one attached hydrogen (secondary N) is 1. The lowest BCUT2D eigenvalue weighted by Crippen LogP contribution is -2.36. The van der Waals surface area contributed by atoms with Gasteiger partial charge < -0.3 is 10.9 Å². The van der Waals surface area contributed by atoms with Crippen LogP contribution < -0.4 is 10.5 Å². The average Bonchev–Trinajstić information content (AvgIpc) is 2.38. The molecule has 0 bridgehead atoms. The maximum Gasteiger partial charge on any atom is 0.301 e. The van der Waals surface area contributed by atoms with E-state index in [4.69, 9.17) is 10.9 Å². The van der Waals surface area contributed by atoms with Gasteiger partial charge in [0.2, 0.25) is 0 Å². The van der Waals surface area contributed by atoms with E-state index < -0.39 is 10.2 Å². The summed E-state index contributed by atoms with van der Waals surface area (Å²) < 4.78 is 28.2. The number of nitrogens with two attached hydrogens (primary N) is 1. The average molecular weight is 300 g/mol. The zero-order chi connectivity index (χ0) is 15.3. The van der Waals surface area contributed by atoms with Crippen molar-refractivity contribution < 1.29 is 13.6 Å². The van der Waals surface area contributed by atoms with E-state index in [0.29, 0.717) is 24.2 Å². The molecule has 1 aromatic carbocycles. The Balaban J connectivity index is 3.26. The summed E-state index contributed by atoms with van der Waals surface area (Å²) >= 11 is 0. The van der Waals surface area contributed by atoms with Crippen LogP contribution in [0.3, 0.4) is 0 Å². The summed E-state index contributed by atoms with van der Waals surface area (Å²) in [6, 6.07) is 5.02. The lowest BCUT2D eigenvalue weighted by atomic mass is 10.1. The molecule has 0 amide bonds. The molecular weight excluding hydrogens is 280 g/mol. The quantitative estimate of drug-likeness (QED) is 0.316. The molecule has 112 valence electrons. The molecule has 0 saturated carbocycles. The third-order valence-corrected chi connectivity index (χ3v) is 4.60. The number of nitrogens with zero attached hydrogens (tertiary/aromatic N) is 2. The molecule has 0 heterocycles. The van der Waals surface area contributed by atoms with Crippen LogP contribution in [0.25, 0.3) is 0 Å². The number of amidine groups is 1. The lowest BCUT2D eigenvalue weighted by Gasteiger charge is -2.21. The fraction of sp³-hybridized carbons (Fsp3) is 0.417. The third-order valence-electron chi connectivity index (χ3n) is 2.92. The van der Waals surface area contributed by atoms with Gasteiger partial charge in [-0.2, -0.15) is 12.7 Å². The molecule has 0 aliphatic rings. The molecule has 8 heteroatoms. The minimum absolute atomic E-state index is 0.139. The Morgan fingerprint density at radius 1 is 1.40 bits per heavy atom. The van der Waals surface area contributed by atoms with Crippen molar-refractivity contribution in [2.45, 2.75) is 20.8 Å². The summed E-state index contributed by atoms with van der Waals surface area (Å²) in [6.07, 6.45) is 0. The van der Waals surface area contributed by atoms with Crippen molar-refractivity contribution in [1.29, 1.82) is 0 Å². The predicted octanol–water partition coefficient (Wildman–Crippen LogP) is 1.09. The van der Waals surface area contributed by atoms with Crippen LogP contribution in [0.1, 0.15) is 25.0 Å². The Hall–Kier alpha value is -1.80. The van der Waals surface area contributed by atoms with Crippen LogP contribution in [-0.2, 0) is 10.2 Å². The molecule has 0 radical (unpaired) electrons. The van der Waals surface area contributed by atoms with E-state index in [1.807, 2.05) is 0 Å². The molecule has 20 heavy (non-hydrogen) atoms. The number of aryl methyl sites for hydroxylation is 1. The van der Waals surface area contributed by atoms with E-state index in [9.17, 15) is 8.42 Å². The Bertz CT molecular complexity index is 595. The summed E-state index contributed by atoms with van der Waals surface area (Å²) in [5.74, 6) is -0.139. The molecule has 0 saturated heterocycles. The van der Waals surface area contributed by atoms with Gasteiger partial charge >= 0.3 is 10.2 Å². The molecule has 0 unspecified atom stereocenters. The Kier molecular flexibility index (Phi) is 5.34. The molecule has 7 nitrogen and oxygen atoms in total. The Morgan fingerprint density at radius 2 is 2.00 bits per heavy atom. The van der Waals surface area contributed by atoms with Gasteiger partial charge in [0, 0.05) is 18.7 Å². The van der Waals surface area contributed by atoms with Crippen LogP contribution in [-0.4, -0.2) is 36.9 Å². The van der Waals surface area contributed by atoms with Crippen molar-refractivity contribution in [2.75, 3.05) is 17.8 Å². The van der Waals surface area contributed by atoms with Gasteiger partial charge in [0.1, 0.15) is 0 Å². The van der Waals surface area contributed by atoms with E-state index in [1.165, 1.54) is 4.31 Å². The molecule has 0 atom stereocenters. The minimum atomic E-state index is -3.67. The van der Waals surface area contributed by atoms with Crippen LogP contribution in [0.4, 0.5) is 5.69 Å². The second kappa shape index (κ2) is 6.58. The summed E-state index contributed by atoms with van der Waals surface area (Å²) in [5.41, 5.74) is 6.97. The van der Waals surface area contributed by atoms with Crippen molar-refractivity contribution >= 4 is 21.7 Å². The Morgan fingerprint density at radius 3 is 2.50 bits per heavy atom. The number of hydrogen-bond donors (Lipinski definition) is 3. The first-order chi connectivity index (χ1) is 9.37. The molecule has 4 N–H and O–H groups in total. The number of benzene rings is 1. The van der Waals surface area contributed by atoms with Gasteiger partial charge in [-0.25, -0.2) is 0 Å². The highest BCUT2D eigenvalue weighted by Gasteiger charge is 2.21. The molecule has 1 aromatic rings. The van der Waals surface area contributed by atoms with Crippen LogP contribution >= 0.6 is 0 Å². The summed E-state index contributed by atoms with van der Waals surface area (Å²) in [7, 11) is -3.67. The smallest absolute Gasteiger partial charge is 0.301 e. The van der Waals surface area contributed by atoms with Crippen LogP contribution in [0, 0.1) is 6.92 Å². The number of oxime groups is 1. The minimum Gasteiger partial charge on any atom is -0.409 e. The van der Waals surface area contributed by atoms with Gasteiger partial charge in [0.25, 0.3) is 0 Å². The zero-order valence-corrected chi connectivity index (χ0v) is 12.6. The number of rotatable bonds is 6. The van der Waals surface area contributed by atoms with Crippen molar-refractivity contribution in [3.8, 4) is 0 Å². The first-order valence-electron chi connectivity index (χ1n) is 6.22. The zero-order valence-electron chi connectivity index (χ0n) is 11.8. The third kappa shape index (κ3) is 3.40. The lowest BCUT2D eigenvalue weighted by molar-refractivity contribution is 0.318. The fourth-order valence-corrected chi connectivity index (χ4v) is 3.17. The molecule has 0 aliphatic carbocycles. The molecular formula is C12H20N4O3S. The molecule has 0 fully saturated rings. The summed E-state index contributed by atoms with van der Waals surface area (Å²) in [5, 5.41) is 11.8. The molecule has 0 aromatic heterocycles. The number of anilines is 1. The van der Waals surface area contributed by atoms with E-state index in [0.717, 1.165) is 0 Å². The highest BCUT2D eigenvalue weighted by molar-refractivity contribution is 7.90. The van der Waals surface area contributed by atoms with Gasteiger partial charge in [-0.15, -0.1) is 0 Å². The monoisotopic (exact) mass is 300 g/mol. The van der Waals surface area contributed by atoms with E-state index in [-0.39, 0.29) is 11.5 Å². The standard InChI is InChI=1S/C12H20N4O3S/c1-4-16(5-2)20(18,19)15-10-8-6-7-9(3)11(10)12(13)14-17/h6-8,15,17H,4-5H2,1-3H3,(H2,13,14). The summed E-state index contributed by atoms with van der Waals surface area (Å²) in [6.45, 7) is 5.97. The first-order valence-corrected chi connectivity index (χ1v) is 7.66. The first kappa shape index (κ1) is 16.3. The normalized spacial score (nSPS) is 12.7. The molecule has 1 rings (SSSR count). The second-order valence-electron chi connectivity index (χ2n) is 4.17. The highest BCUT2D eigenvalue weighted by Crippen LogP contribution is 2.21. The van der Waals surface area contributed by atoms with Crippen molar-refractivity contribution in [2.24, 2.45) is 10.9 Å². The molecule has 0 spiro atoms. The van der Waals surface area contributed by atoms with Gasteiger partial charge in [0.05, 0.1) is 5.69 Å². The van der Waals surface area contributed by atoms with Gasteiger partial charge in [0.15, 0.2) is 5.84 Å². The predicted molar refractivity (Wildman–Crippen MR) is 79.2 cm³/mol. The molecule has 0 aliphatic heterocycles. The second-order valence-corrected chi connectivity index (χ2v) is 5.84. The van der Waals surface area contributed by atoms with Crippen molar-refractivity contribution in [1.82, 2.24) is 4.31 Å². The van der Waals surface area contributed by atoms with E-state index in [2.05, 4.69) is 9.88 Å². The van der Waals surface area contributed by atoms with E-state index >= 15 is 0 Å². The topological polar surface area (TPSA) is 108 Å².